The molecule has 6 nitrogen and oxygen atoms in total. The molecule has 0 spiro atoms. The van der Waals surface area contributed by atoms with Gasteiger partial charge in [-0.1, -0.05) is 19.8 Å². The van der Waals surface area contributed by atoms with Gasteiger partial charge >= 0.3 is 6.09 Å². The van der Waals surface area contributed by atoms with E-state index in [1.165, 1.54) is 30.7 Å². The van der Waals surface area contributed by atoms with E-state index in [0.717, 1.165) is 19.3 Å². The minimum atomic E-state index is -0.502. The van der Waals surface area contributed by atoms with Crippen LogP contribution in [-0.2, 0) is 0 Å². The second kappa shape index (κ2) is 6.36. The van der Waals surface area contributed by atoms with E-state index in [-0.39, 0.29) is 11.7 Å². The lowest BCUT2D eigenvalue weighted by Crippen LogP contribution is -2.42. The molecule has 108 valence electrons. The molecule has 0 radical (unpaired) electrons. The zero-order chi connectivity index (χ0) is 14.5. The van der Waals surface area contributed by atoms with Crippen molar-refractivity contribution in [3.8, 4) is 5.75 Å². The Kier molecular flexibility index (Phi) is 4.55. The van der Waals surface area contributed by atoms with Crippen molar-refractivity contribution in [3.63, 3.8) is 0 Å². The summed E-state index contributed by atoms with van der Waals surface area (Å²) >= 11 is 0. The van der Waals surface area contributed by atoms with E-state index >= 15 is 0 Å². The van der Waals surface area contributed by atoms with E-state index in [1.807, 2.05) is 0 Å². The molecule has 1 N–H and O–H groups in total. The van der Waals surface area contributed by atoms with E-state index in [4.69, 9.17) is 4.74 Å². The maximum atomic E-state index is 11.8. The number of hydrogen-bond acceptors (Lipinski definition) is 4. The summed E-state index contributed by atoms with van der Waals surface area (Å²) in [5, 5.41) is 13.4. The highest BCUT2D eigenvalue weighted by Crippen LogP contribution is 2.24. The van der Waals surface area contributed by atoms with Gasteiger partial charge in [-0.05, 0) is 30.9 Å². The third kappa shape index (κ3) is 3.69. The lowest BCUT2D eigenvalue weighted by Gasteiger charge is -2.28. The third-order valence-electron chi connectivity index (χ3n) is 3.67. The van der Waals surface area contributed by atoms with Crippen LogP contribution >= 0.6 is 0 Å². The van der Waals surface area contributed by atoms with Crippen LogP contribution in [0.3, 0.4) is 0 Å². The van der Waals surface area contributed by atoms with Crippen molar-refractivity contribution in [1.29, 1.82) is 0 Å². The summed E-state index contributed by atoms with van der Waals surface area (Å²) in [4.78, 5) is 21.8. The van der Waals surface area contributed by atoms with Crippen molar-refractivity contribution in [2.75, 3.05) is 0 Å². The first-order valence-electron chi connectivity index (χ1n) is 6.79. The molecule has 1 aromatic rings. The summed E-state index contributed by atoms with van der Waals surface area (Å²) in [6.07, 6.45) is 3.90. The molecule has 20 heavy (non-hydrogen) atoms. The predicted octanol–water partition coefficient (Wildman–Crippen LogP) is 3.26. The molecule has 0 aromatic heterocycles. The van der Waals surface area contributed by atoms with Crippen LogP contribution in [0.15, 0.2) is 24.3 Å². The first kappa shape index (κ1) is 14.3. The highest BCUT2D eigenvalue weighted by atomic mass is 16.6. The van der Waals surface area contributed by atoms with Crippen molar-refractivity contribution in [2.45, 2.75) is 38.6 Å². The van der Waals surface area contributed by atoms with E-state index in [0.29, 0.717) is 11.7 Å². The fourth-order valence-corrected chi connectivity index (χ4v) is 2.45. The Hall–Kier alpha value is -2.11. The smallest absolute Gasteiger partial charge is 0.410 e. The van der Waals surface area contributed by atoms with Crippen molar-refractivity contribution in [1.82, 2.24) is 5.32 Å². The first-order valence-corrected chi connectivity index (χ1v) is 6.79. The number of nitro groups is 1. The number of nitrogens with zero attached hydrogens (tertiary/aromatic N) is 1. The molecule has 1 fully saturated rings. The van der Waals surface area contributed by atoms with Crippen LogP contribution in [0.2, 0.25) is 0 Å². The Morgan fingerprint density at radius 3 is 2.55 bits per heavy atom. The molecular formula is C14H18N2O4. The molecule has 1 aliphatic carbocycles. The van der Waals surface area contributed by atoms with Gasteiger partial charge in [0, 0.05) is 18.2 Å². The molecule has 1 aliphatic rings. The van der Waals surface area contributed by atoms with Crippen LogP contribution in [0.25, 0.3) is 0 Å². The van der Waals surface area contributed by atoms with Crippen molar-refractivity contribution >= 4 is 11.8 Å². The highest BCUT2D eigenvalue weighted by Gasteiger charge is 2.23. The number of hydrogen-bond donors (Lipinski definition) is 1. The SMILES string of the molecule is CC1CCCCC1NC(=O)Oc1ccc([N+](=O)[O-])cc1. The molecule has 0 bridgehead atoms. The summed E-state index contributed by atoms with van der Waals surface area (Å²) in [6, 6.07) is 5.61. The van der Waals surface area contributed by atoms with Gasteiger partial charge in [-0.25, -0.2) is 4.79 Å². The maximum Gasteiger partial charge on any atom is 0.412 e. The van der Waals surface area contributed by atoms with Gasteiger partial charge in [0.15, 0.2) is 0 Å². The molecule has 2 unspecified atom stereocenters. The summed E-state index contributed by atoms with van der Waals surface area (Å²) in [7, 11) is 0. The molecule has 0 aliphatic heterocycles. The van der Waals surface area contributed by atoms with Crippen molar-refractivity contribution in [2.24, 2.45) is 5.92 Å². The second-order valence-electron chi connectivity index (χ2n) is 5.15. The number of carbonyl (C=O) groups excluding carboxylic acids is 1. The number of ether oxygens (including phenoxy) is 1. The molecule has 1 saturated carbocycles. The fourth-order valence-electron chi connectivity index (χ4n) is 2.45. The number of rotatable bonds is 3. The first-order chi connectivity index (χ1) is 9.56. The topological polar surface area (TPSA) is 81.5 Å². The van der Waals surface area contributed by atoms with Gasteiger partial charge in [0.2, 0.25) is 0 Å². The lowest BCUT2D eigenvalue weighted by molar-refractivity contribution is -0.384. The van der Waals surface area contributed by atoms with E-state index in [9.17, 15) is 14.9 Å². The minimum Gasteiger partial charge on any atom is -0.410 e. The Balaban J connectivity index is 1.89. The van der Waals surface area contributed by atoms with E-state index in [1.54, 1.807) is 0 Å². The zero-order valence-corrected chi connectivity index (χ0v) is 11.4. The number of benzene rings is 1. The molecule has 2 rings (SSSR count). The number of amides is 1. The summed E-state index contributed by atoms with van der Waals surface area (Å²) < 4.78 is 5.13. The quantitative estimate of drug-likeness (QED) is 0.679. The van der Waals surface area contributed by atoms with Gasteiger partial charge in [0.05, 0.1) is 4.92 Å². The van der Waals surface area contributed by atoms with Gasteiger partial charge in [-0.3, -0.25) is 10.1 Å². The molecule has 6 heteroatoms. The Bertz CT molecular complexity index is 486. The molecule has 2 atom stereocenters. The van der Waals surface area contributed by atoms with Crippen molar-refractivity contribution in [3.05, 3.63) is 34.4 Å². The second-order valence-corrected chi connectivity index (χ2v) is 5.15. The molecule has 1 aromatic carbocycles. The van der Waals surface area contributed by atoms with Gasteiger partial charge < -0.3 is 10.1 Å². The zero-order valence-electron chi connectivity index (χ0n) is 11.4. The van der Waals surface area contributed by atoms with E-state index < -0.39 is 11.0 Å². The number of nitro benzene ring substituents is 1. The average molecular weight is 278 g/mol. The van der Waals surface area contributed by atoms with Crippen LogP contribution < -0.4 is 10.1 Å². The minimum absolute atomic E-state index is 0.0290. The Morgan fingerprint density at radius 1 is 1.30 bits per heavy atom. The number of carbonyl (C=O) groups is 1. The van der Waals surface area contributed by atoms with Gasteiger partial charge in [0.25, 0.3) is 5.69 Å². The van der Waals surface area contributed by atoms with Gasteiger partial charge in [-0.15, -0.1) is 0 Å². The molecule has 0 heterocycles. The van der Waals surface area contributed by atoms with Crippen LogP contribution in [0.1, 0.15) is 32.6 Å². The monoisotopic (exact) mass is 278 g/mol. The predicted molar refractivity (Wildman–Crippen MR) is 73.7 cm³/mol. The molecule has 1 amide bonds. The van der Waals surface area contributed by atoms with Crippen molar-refractivity contribution < 1.29 is 14.5 Å². The fraction of sp³-hybridized carbons (Fsp3) is 0.500. The van der Waals surface area contributed by atoms with Crippen LogP contribution in [0.5, 0.6) is 5.75 Å². The average Bonchev–Trinajstić information content (AvgIpc) is 2.42. The number of nitrogens with one attached hydrogen (secondary N) is 1. The highest BCUT2D eigenvalue weighted by molar-refractivity contribution is 5.70. The summed E-state index contributed by atoms with van der Waals surface area (Å²) in [6.45, 7) is 2.12. The molecule has 0 saturated heterocycles. The van der Waals surface area contributed by atoms with Gasteiger partial charge in [0.1, 0.15) is 5.75 Å². The number of non-ortho nitro benzene ring substituents is 1. The lowest BCUT2D eigenvalue weighted by atomic mass is 9.86. The third-order valence-corrected chi connectivity index (χ3v) is 3.67. The molecular weight excluding hydrogens is 260 g/mol. The Labute approximate surface area is 117 Å². The Morgan fingerprint density at radius 2 is 1.95 bits per heavy atom. The van der Waals surface area contributed by atoms with Crippen LogP contribution in [0.4, 0.5) is 10.5 Å². The van der Waals surface area contributed by atoms with Gasteiger partial charge in [-0.2, -0.15) is 0 Å². The standard InChI is InChI=1S/C14H18N2O4/c1-10-4-2-3-5-13(10)15-14(17)20-12-8-6-11(7-9-12)16(18)19/h6-10,13H,2-5H2,1H3,(H,15,17). The largest absolute Gasteiger partial charge is 0.412 e. The maximum absolute atomic E-state index is 11.8. The summed E-state index contributed by atoms with van der Waals surface area (Å²) in [5.74, 6) is 0.754. The van der Waals surface area contributed by atoms with Crippen LogP contribution in [0, 0.1) is 16.0 Å². The summed E-state index contributed by atoms with van der Waals surface area (Å²) in [5.41, 5.74) is -0.0290. The van der Waals surface area contributed by atoms with Crippen LogP contribution in [-0.4, -0.2) is 17.1 Å². The normalized spacial score (nSPS) is 22.1. The van der Waals surface area contributed by atoms with E-state index in [2.05, 4.69) is 12.2 Å².